The number of hydrogen-bond donors (Lipinski definition) is 0. The Kier molecular flexibility index (Phi) is 4.58. The second-order valence-electron chi connectivity index (χ2n) is 3.21. The standard InChI is InChI=1S/C14H16O/c1-4-12(2)14(15-3)11-10-13-8-6-5-7-9-13/h4-11,14H,1-2H2,3H3/b11-10+. The fourth-order valence-electron chi connectivity index (χ4n) is 1.23. The molecular weight excluding hydrogens is 184 g/mol. The average Bonchev–Trinajstić information content (AvgIpc) is 2.31. The molecule has 1 rings (SSSR count). The second-order valence-corrected chi connectivity index (χ2v) is 3.21. The van der Waals surface area contributed by atoms with Gasteiger partial charge in [-0.2, -0.15) is 0 Å². The van der Waals surface area contributed by atoms with Crippen LogP contribution in [0, 0.1) is 0 Å². The van der Waals surface area contributed by atoms with E-state index in [0.717, 1.165) is 11.1 Å². The molecule has 1 aromatic rings. The monoisotopic (exact) mass is 200 g/mol. The van der Waals surface area contributed by atoms with Gasteiger partial charge in [-0.1, -0.05) is 61.7 Å². The van der Waals surface area contributed by atoms with Crippen molar-refractivity contribution in [2.75, 3.05) is 7.11 Å². The van der Waals surface area contributed by atoms with Crippen molar-refractivity contribution in [3.63, 3.8) is 0 Å². The van der Waals surface area contributed by atoms with Crippen molar-refractivity contribution < 1.29 is 4.74 Å². The summed E-state index contributed by atoms with van der Waals surface area (Å²) in [4.78, 5) is 0. The quantitative estimate of drug-likeness (QED) is 0.661. The van der Waals surface area contributed by atoms with Gasteiger partial charge in [0.15, 0.2) is 0 Å². The highest BCUT2D eigenvalue weighted by Gasteiger charge is 2.03. The van der Waals surface area contributed by atoms with Crippen LogP contribution in [0.4, 0.5) is 0 Å². The minimum atomic E-state index is -0.0947. The molecule has 1 unspecified atom stereocenters. The van der Waals surface area contributed by atoms with E-state index in [1.54, 1.807) is 13.2 Å². The summed E-state index contributed by atoms with van der Waals surface area (Å²) >= 11 is 0. The van der Waals surface area contributed by atoms with Crippen LogP contribution in [0.2, 0.25) is 0 Å². The van der Waals surface area contributed by atoms with E-state index in [4.69, 9.17) is 4.74 Å². The number of methoxy groups -OCH3 is 1. The van der Waals surface area contributed by atoms with Crippen LogP contribution in [0.3, 0.4) is 0 Å². The van der Waals surface area contributed by atoms with E-state index in [1.807, 2.05) is 42.5 Å². The first-order valence-electron chi connectivity index (χ1n) is 4.85. The first-order valence-corrected chi connectivity index (χ1v) is 4.85. The van der Waals surface area contributed by atoms with Gasteiger partial charge < -0.3 is 4.74 Å². The number of hydrogen-bond acceptors (Lipinski definition) is 1. The molecule has 1 heteroatoms. The summed E-state index contributed by atoms with van der Waals surface area (Å²) < 4.78 is 5.27. The van der Waals surface area contributed by atoms with Crippen LogP contribution in [-0.2, 0) is 4.74 Å². The minimum absolute atomic E-state index is 0.0947. The van der Waals surface area contributed by atoms with Crippen molar-refractivity contribution in [2.24, 2.45) is 0 Å². The molecule has 0 saturated heterocycles. The van der Waals surface area contributed by atoms with Gasteiger partial charge >= 0.3 is 0 Å². The summed E-state index contributed by atoms with van der Waals surface area (Å²) in [6.07, 6.45) is 5.61. The average molecular weight is 200 g/mol. The maximum Gasteiger partial charge on any atom is 0.1000 e. The molecule has 0 aromatic heterocycles. The molecule has 0 bridgehead atoms. The van der Waals surface area contributed by atoms with E-state index in [2.05, 4.69) is 13.2 Å². The van der Waals surface area contributed by atoms with E-state index in [9.17, 15) is 0 Å². The molecule has 0 aliphatic rings. The fourth-order valence-corrected chi connectivity index (χ4v) is 1.23. The maximum atomic E-state index is 5.27. The lowest BCUT2D eigenvalue weighted by atomic mass is 10.1. The lowest BCUT2D eigenvalue weighted by Crippen LogP contribution is -2.07. The third-order valence-electron chi connectivity index (χ3n) is 2.14. The summed E-state index contributed by atoms with van der Waals surface area (Å²) in [6, 6.07) is 10.1. The lowest BCUT2D eigenvalue weighted by Gasteiger charge is -2.10. The lowest BCUT2D eigenvalue weighted by molar-refractivity contribution is 0.172. The Balaban J connectivity index is 2.71. The molecule has 0 radical (unpaired) electrons. The molecule has 0 aliphatic carbocycles. The fraction of sp³-hybridized carbons (Fsp3) is 0.143. The van der Waals surface area contributed by atoms with Gasteiger partial charge in [-0.3, -0.25) is 0 Å². The van der Waals surface area contributed by atoms with E-state index in [1.165, 1.54) is 0 Å². The summed E-state index contributed by atoms with van der Waals surface area (Å²) in [5.74, 6) is 0. The highest BCUT2D eigenvalue weighted by Crippen LogP contribution is 2.09. The molecule has 15 heavy (non-hydrogen) atoms. The molecule has 0 spiro atoms. The van der Waals surface area contributed by atoms with Crippen LogP contribution in [0.25, 0.3) is 6.08 Å². The summed E-state index contributed by atoms with van der Waals surface area (Å²) in [5.41, 5.74) is 2.01. The predicted octanol–water partition coefficient (Wildman–Crippen LogP) is 3.46. The van der Waals surface area contributed by atoms with Gasteiger partial charge in [-0.25, -0.2) is 0 Å². The van der Waals surface area contributed by atoms with E-state index in [0.29, 0.717) is 0 Å². The van der Waals surface area contributed by atoms with Crippen molar-refractivity contribution >= 4 is 6.08 Å². The number of ether oxygens (including phenoxy) is 1. The Bertz CT molecular complexity index is 349. The van der Waals surface area contributed by atoms with Gasteiger partial charge in [0.1, 0.15) is 0 Å². The molecule has 0 fully saturated rings. The second kappa shape index (κ2) is 5.99. The molecule has 1 atom stereocenters. The van der Waals surface area contributed by atoms with E-state index in [-0.39, 0.29) is 6.10 Å². The van der Waals surface area contributed by atoms with Gasteiger partial charge in [0.2, 0.25) is 0 Å². The number of rotatable bonds is 5. The van der Waals surface area contributed by atoms with Crippen LogP contribution in [0.1, 0.15) is 5.56 Å². The summed E-state index contributed by atoms with van der Waals surface area (Å²) in [7, 11) is 1.66. The van der Waals surface area contributed by atoms with Crippen LogP contribution >= 0.6 is 0 Å². The van der Waals surface area contributed by atoms with Crippen LogP contribution in [0.15, 0.2) is 61.2 Å². The highest BCUT2D eigenvalue weighted by molar-refractivity contribution is 5.50. The first-order chi connectivity index (χ1) is 7.27. The molecule has 0 aliphatic heterocycles. The van der Waals surface area contributed by atoms with E-state index >= 15 is 0 Å². The number of benzene rings is 1. The normalized spacial score (nSPS) is 12.6. The van der Waals surface area contributed by atoms with Crippen molar-refractivity contribution in [1.82, 2.24) is 0 Å². The molecule has 1 aromatic carbocycles. The van der Waals surface area contributed by atoms with Crippen LogP contribution < -0.4 is 0 Å². The maximum absolute atomic E-state index is 5.27. The Hall–Kier alpha value is -1.60. The molecule has 78 valence electrons. The van der Waals surface area contributed by atoms with Crippen molar-refractivity contribution in [3.8, 4) is 0 Å². The predicted molar refractivity (Wildman–Crippen MR) is 65.6 cm³/mol. The Morgan fingerprint density at radius 1 is 1.33 bits per heavy atom. The Morgan fingerprint density at radius 3 is 2.53 bits per heavy atom. The van der Waals surface area contributed by atoms with Crippen LogP contribution in [0.5, 0.6) is 0 Å². The minimum Gasteiger partial charge on any atom is -0.373 e. The van der Waals surface area contributed by atoms with Gasteiger partial charge in [-0.05, 0) is 11.1 Å². The molecule has 0 saturated carbocycles. The summed E-state index contributed by atoms with van der Waals surface area (Å²) in [6.45, 7) is 7.53. The van der Waals surface area contributed by atoms with Gasteiger partial charge in [0.25, 0.3) is 0 Å². The topological polar surface area (TPSA) is 9.23 Å². The molecule has 0 N–H and O–H groups in total. The first kappa shape index (κ1) is 11.5. The largest absolute Gasteiger partial charge is 0.373 e. The summed E-state index contributed by atoms with van der Waals surface area (Å²) in [5, 5.41) is 0. The molecule has 0 amide bonds. The zero-order chi connectivity index (χ0) is 11.1. The van der Waals surface area contributed by atoms with Crippen molar-refractivity contribution in [3.05, 3.63) is 66.8 Å². The third kappa shape index (κ3) is 3.56. The van der Waals surface area contributed by atoms with Crippen LogP contribution in [-0.4, -0.2) is 13.2 Å². The molecular formula is C14H16O. The zero-order valence-corrected chi connectivity index (χ0v) is 9.02. The van der Waals surface area contributed by atoms with E-state index < -0.39 is 0 Å². The Morgan fingerprint density at radius 2 is 2.00 bits per heavy atom. The Labute approximate surface area is 91.4 Å². The molecule has 1 nitrogen and oxygen atoms in total. The molecule has 0 heterocycles. The van der Waals surface area contributed by atoms with Gasteiger partial charge in [0, 0.05) is 7.11 Å². The SMILES string of the molecule is C=CC(=C)C(/C=C/c1ccccc1)OC. The van der Waals surface area contributed by atoms with Crippen molar-refractivity contribution in [1.29, 1.82) is 0 Å². The zero-order valence-electron chi connectivity index (χ0n) is 9.02. The third-order valence-corrected chi connectivity index (χ3v) is 2.14. The highest BCUT2D eigenvalue weighted by atomic mass is 16.5. The van der Waals surface area contributed by atoms with Crippen molar-refractivity contribution in [2.45, 2.75) is 6.10 Å². The van der Waals surface area contributed by atoms with Gasteiger partial charge in [-0.15, -0.1) is 0 Å². The smallest absolute Gasteiger partial charge is 0.1000 e. The van der Waals surface area contributed by atoms with Gasteiger partial charge in [0.05, 0.1) is 6.10 Å².